The molecule has 0 saturated carbocycles. The van der Waals surface area contributed by atoms with Gasteiger partial charge in [0.1, 0.15) is 22.9 Å². The fourth-order valence-corrected chi connectivity index (χ4v) is 6.58. The summed E-state index contributed by atoms with van der Waals surface area (Å²) >= 11 is 1.42. The van der Waals surface area contributed by atoms with Crippen LogP contribution in [-0.2, 0) is 10.5 Å². The second-order valence-electron chi connectivity index (χ2n) is 10.2. The maximum atomic E-state index is 13.5. The number of hydrogen-bond donors (Lipinski definition) is 0. The van der Waals surface area contributed by atoms with Crippen molar-refractivity contribution in [3.05, 3.63) is 88.1 Å². The summed E-state index contributed by atoms with van der Waals surface area (Å²) in [5.74, 6) is 0.820. The van der Waals surface area contributed by atoms with Gasteiger partial charge in [0.25, 0.3) is 5.91 Å². The minimum Gasteiger partial charge on any atom is -0.490 e. The van der Waals surface area contributed by atoms with E-state index in [2.05, 4.69) is 17.1 Å². The predicted molar refractivity (Wildman–Crippen MR) is 153 cm³/mol. The van der Waals surface area contributed by atoms with Crippen LogP contribution in [0.4, 0.5) is 0 Å². The second-order valence-corrected chi connectivity index (χ2v) is 11.2. The van der Waals surface area contributed by atoms with E-state index in [1.54, 1.807) is 26.0 Å². The quantitative estimate of drug-likeness (QED) is 0.247. The van der Waals surface area contributed by atoms with E-state index in [0.29, 0.717) is 44.5 Å². The molecular formula is C32H30N4O4S. The molecule has 41 heavy (non-hydrogen) atoms. The number of carbonyl (C=O) groups excluding carboxylic acids is 2. The first-order chi connectivity index (χ1) is 19.9. The van der Waals surface area contributed by atoms with Gasteiger partial charge in [0.15, 0.2) is 0 Å². The molecule has 2 fully saturated rings. The molecule has 2 aromatic carbocycles. The Morgan fingerprint density at radius 1 is 1.05 bits per heavy atom. The average molecular weight is 567 g/mol. The van der Waals surface area contributed by atoms with Gasteiger partial charge in [0.2, 0.25) is 0 Å². The monoisotopic (exact) mass is 566 g/mol. The van der Waals surface area contributed by atoms with Crippen LogP contribution in [-0.4, -0.2) is 46.6 Å². The van der Waals surface area contributed by atoms with Gasteiger partial charge in [0.05, 0.1) is 35.1 Å². The van der Waals surface area contributed by atoms with Gasteiger partial charge in [-0.2, -0.15) is 10.5 Å². The van der Waals surface area contributed by atoms with Crippen molar-refractivity contribution in [3.8, 4) is 17.9 Å². The number of nitriles is 2. The highest BCUT2D eigenvalue weighted by molar-refractivity contribution is 7.98. The van der Waals surface area contributed by atoms with Gasteiger partial charge in [-0.25, -0.2) is 9.78 Å². The molecule has 1 amide bonds. The van der Waals surface area contributed by atoms with Crippen molar-refractivity contribution < 1.29 is 19.1 Å². The van der Waals surface area contributed by atoms with E-state index in [9.17, 15) is 14.9 Å². The zero-order valence-electron chi connectivity index (χ0n) is 23.0. The van der Waals surface area contributed by atoms with Crippen LogP contribution in [0.1, 0.15) is 75.7 Å². The number of fused-ring (bicyclic) bond motifs is 2. The summed E-state index contributed by atoms with van der Waals surface area (Å²) in [5, 5.41) is 19.3. The zero-order valence-corrected chi connectivity index (χ0v) is 23.8. The Hall–Kier alpha value is -4.34. The topological polar surface area (TPSA) is 116 Å². The first-order valence-corrected chi connectivity index (χ1v) is 14.7. The Morgan fingerprint density at radius 3 is 2.44 bits per heavy atom. The summed E-state index contributed by atoms with van der Waals surface area (Å²) in [4.78, 5) is 32.2. The highest BCUT2D eigenvalue weighted by Gasteiger charge is 2.44. The van der Waals surface area contributed by atoms with Crippen LogP contribution < -0.4 is 4.74 Å². The highest BCUT2D eigenvalue weighted by atomic mass is 32.2. The molecule has 2 unspecified atom stereocenters. The van der Waals surface area contributed by atoms with Crippen molar-refractivity contribution in [1.82, 2.24) is 9.88 Å². The predicted octanol–water partition coefficient (Wildman–Crippen LogP) is 5.82. The third-order valence-electron chi connectivity index (χ3n) is 7.56. The molecule has 2 aliphatic rings. The standard InChI is InChI=1S/C32H30N4O4S/c1-3-39-32(38)29-14-24(18-34)30(35-20(29)2)41-19-21-7-9-23(10-8-21)31(37)36-25-11-12-26(36)16-28(15-25)40-27-6-4-5-22(13-27)17-33/h4-10,13-14,25-26,28H,3,11-12,15-16,19H2,1-2H3. The summed E-state index contributed by atoms with van der Waals surface area (Å²) in [6, 6.07) is 20.9. The van der Waals surface area contributed by atoms with Gasteiger partial charge in [-0.3, -0.25) is 4.79 Å². The van der Waals surface area contributed by atoms with Crippen LogP contribution in [0.25, 0.3) is 0 Å². The number of carbonyl (C=O) groups is 2. The van der Waals surface area contributed by atoms with Crippen molar-refractivity contribution in [3.63, 3.8) is 0 Å². The Kier molecular flexibility index (Phi) is 8.56. The van der Waals surface area contributed by atoms with Crippen LogP contribution in [0.5, 0.6) is 5.75 Å². The van der Waals surface area contributed by atoms with Gasteiger partial charge in [-0.05, 0) is 68.7 Å². The number of rotatable bonds is 8. The second kappa shape index (κ2) is 12.4. The number of nitrogens with zero attached hydrogens (tertiary/aromatic N) is 4. The molecule has 3 aromatic rings. The summed E-state index contributed by atoms with van der Waals surface area (Å²) in [5.41, 5.74) is 3.37. The lowest BCUT2D eigenvalue weighted by atomic mass is 9.98. The number of esters is 1. The zero-order chi connectivity index (χ0) is 28.9. The number of benzene rings is 2. The molecule has 8 nitrogen and oxygen atoms in total. The van der Waals surface area contributed by atoms with Crippen molar-refractivity contribution in [2.24, 2.45) is 0 Å². The molecule has 1 aromatic heterocycles. The molecule has 208 valence electrons. The number of thioether (sulfide) groups is 1. The summed E-state index contributed by atoms with van der Waals surface area (Å²) in [6.45, 7) is 3.71. The lowest BCUT2D eigenvalue weighted by molar-refractivity contribution is 0.0358. The van der Waals surface area contributed by atoms with Crippen LogP contribution in [0.3, 0.4) is 0 Å². The first-order valence-electron chi connectivity index (χ1n) is 13.7. The number of pyridine rings is 1. The number of amides is 1. The van der Waals surface area contributed by atoms with Crippen LogP contribution in [0.2, 0.25) is 0 Å². The molecule has 5 rings (SSSR count). The van der Waals surface area contributed by atoms with E-state index in [-0.39, 0.29) is 30.7 Å². The normalized spacial score (nSPS) is 19.2. The number of aryl methyl sites for hydroxylation is 1. The summed E-state index contributed by atoms with van der Waals surface area (Å²) in [7, 11) is 0. The molecule has 2 saturated heterocycles. The number of piperidine rings is 1. The number of aromatic nitrogens is 1. The molecule has 2 bridgehead atoms. The number of ether oxygens (including phenoxy) is 2. The SMILES string of the molecule is CCOC(=O)c1cc(C#N)c(SCc2ccc(C(=O)N3C4CCC3CC(Oc3cccc(C#N)c3)C4)cc2)nc1C. The van der Waals surface area contributed by atoms with Gasteiger partial charge < -0.3 is 14.4 Å². The van der Waals surface area contributed by atoms with E-state index in [1.165, 1.54) is 17.8 Å². The Morgan fingerprint density at radius 2 is 1.78 bits per heavy atom. The molecular weight excluding hydrogens is 536 g/mol. The molecule has 0 aliphatic carbocycles. The fraction of sp³-hybridized carbons (Fsp3) is 0.344. The largest absolute Gasteiger partial charge is 0.490 e. The van der Waals surface area contributed by atoms with Crippen molar-refractivity contribution in [1.29, 1.82) is 10.5 Å². The fourth-order valence-electron chi connectivity index (χ4n) is 5.62. The molecule has 3 heterocycles. The minimum absolute atomic E-state index is 0.0202. The van der Waals surface area contributed by atoms with E-state index in [1.807, 2.05) is 41.3 Å². The molecule has 0 spiro atoms. The Labute approximate surface area is 243 Å². The van der Waals surface area contributed by atoms with Crippen LogP contribution >= 0.6 is 11.8 Å². The molecule has 2 atom stereocenters. The smallest absolute Gasteiger partial charge is 0.340 e. The summed E-state index contributed by atoms with van der Waals surface area (Å²) in [6.07, 6.45) is 3.50. The lowest BCUT2D eigenvalue weighted by Crippen LogP contribution is -2.49. The van der Waals surface area contributed by atoms with E-state index >= 15 is 0 Å². The third-order valence-corrected chi connectivity index (χ3v) is 8.62. The van der Waals surface area contributed by atoms with Gasteiger partial charge in [-0.15, -0.1) is 11.8 Å². The third kappa shape index (κ3) is 6.21. The van der Waals surface area contributed by atoms with Gasteiger partial charge >= 0.3 is 5.97 Å². The first kappa shape index (κ1) is 28.2. The Bertz CT molecular complexity index is 1530. The van der Waals surface area contributed by atoms with Gasteiger partial charge in [-0.1, -0.05) is 18.2 Å². The van der Waals surface area contributed by atoms with Crippen molar-refractivity contribution >= 4 is 23.6 Å². The van der Waals surface area contributed by atoms with Crippen molar-refractivity contribution in [2.45, 2.75) is 68.5 Å². The van der Waals surface area contributed by atoms with Crippen molar-refractivity contribution in [2.75, 3.05) is 6.61 Å². The van der Waals surface area contributed by atoms with Crippen LogP contribution in [0, 0.1) is 29.6 Å². The lowest BCUT2D eigenvalue weighted by Gasteiger charge is -2.39. The van der Waals surface area contributed by atoms with E-state index in [4.69, 9.17) is 14.7 Å². The summed E-state index contributed by atoms with van der Waals surface area (Å²) < 4.78 is 11.3. The molecule has 0 radical (unpaired) electrons. The maximum absolute atomic E-state index is 13.5. The highest BCUT2D eigenvalue weighted by Crippen LogP contribution is 2.38. The van der Waals surface area contributed by atoms with Gasteiger partial charge in [0, 0.05) is 36.2 Å². The Balaban J connectivity index is 1.20. The minimum atomic E-state index is -0.485. The molecule has 9 heteroatoms. The molecule has 2 aliphatic heterocycles. The maximum Gasteiger partial charge on any atom is 0.340 e. The number of hydrogen-bond acceptors (Lipinski definition) is 8. The molecule has 0 N–H and O–H groups in total. The van der Waals surface area contributed by atoms with E-state index < -0.39 is 5.97 Å². The van der Waals surface area contributed by atoms with E-state index in [0.717, 1.165) is 31.2 Å². The van der Waals surface area contributed by atoms with Crippen LogP contribution in [0.15, 0.2) is 59.6 Å². The average Bonchev–Trinajstić information content (AvgIpc) is 3.25.